The number of benzene rings is 1. The van der Waals surface area contributed by atoms with Crippen molar-refractivity contribution < 1.29 is 49.8 Å². The molecule has 0 spiro atoms. The summed E-state index contributed by atoms with van der Waals surface area (Å²) in [7, 11) is -4.11. The van der Waals surface area contributed by atoms with E-state index in [0.717, 1.165) is 5.56 Å². The van der Waals surface area contributed by atoms with Gasteiger partial charge in [0.2, 0.25) is 10.0 Å². The summed E-state index contributed by atoms with van der Waals surface area (Å²) in [5.74, 6) is -6.21. The number of hydrogen-bond donors (Lipinski definition) is 2. The second kappa shape index (κ2) is 9.91. The maximum absolute atomic E-state index is 13.3. The van der Waals surface area contributed by atoms with Crippen molar-refractivity contribution in [2.45, 2.75) is 48.4 Å². The summed E-state index contributed by atoms with van der Waals surface area (Å²) in [4.78, 5) is 12.3. The summed E-state index contributed by atoms with van der Waals surface area (Å²) in [5, 5.41) is 9.12. The molecule has 1 aromatic carbocycles. The molecular formula is C20H25F5N2O6S. The van der Waals surface area contributed by atoms with E-state index in [1.807, 2.05) is 0 Å². The summed E-state index contributed by atoms with van der Waals surface area (Å²) in [5.41, 5.74) is 2.22. The lowest BCUT2D eigenvalue weighted by Crippen LogP contribution is -2.60. The lowest BCUT2D eigenvalue weighted by molar-refractivity contribution is -0.290. The van der Waals surface area contributed by atoms with Crippen LogP contribution in [-0.4, -0.2) is 73.6 Å². The number of sulfonamides is 1. The molecule has 34 heavy (non-hydrogen) atoms. The zero-order valence-corrected chi connectivity index (χ0v) is 18.8. The van der Waals surface area contributed by atoms with E-state index in [-0.39, 0.29) is 50.8 Å². The van der Waals surface area contributed by atoms with Gasteiger partial charge in [-0.05, 0) is 36.5 Å². The average Bonchev–Trinajstić information content (AvgIpc) is 2.82. The Bertz CT molecular complexity index is 957. The molecule has 2 fully saturated rings. The largest absolute Gasteiger partial charge is 0.487 e. The minimum atomic E-state index is -5.71. The summed E-state index contributed by atoms with van der Waals surface area (Å²) >= 11 is 0. The third-order valence-electron chi connectivity index (χ3n) is 6.29. The van der Waals surface area contributed by atoms with Crippen molar-refractivity contribution in [1.29, 1.82) is 0 Å². The predicted octanol–water partition coefficient (Wildman–Crippen LogP) is 2.83. The maximum Gasteiger partial charge on any atom is 0.456 e. The molecule has 0 saturated carbocycles. The molecule has 2 saturated heterocycles. The fraction of sp³-hybridized carbons (Fsp3) is 0.650. The van der Waals surface area contributed by atoms with Gasteiger partial charge < -0.3 is 9.47 Å². The number of ether oxygens (including phenoxy) is 2. The van der Waals surface area contributed by atoms with Crippen LogP contribution in [0.5, 0.6) is 5.75 Å². The molecule has 0 bridgehead atoms. The fourth-order valence-corrected chi connectivity index (χ4v) is 6.32. The van der Waals surface area contributed by atoms with Crippen LogP contribution >= 0.6 is 0 Å². The minimum Gasteiger partial charge on any atom is -0.487 e. The molecule has 0 atom stereocenters. The zero-order valence-electron chi connectivity index (χ0n) is 18.0. The third-order valence-corrected chi connectivity index (χ3v) is 8.92. The molecule has 0 unspecified atom stereocenters. The van der Waals surface area contributed by atoms with Gasteiger partial charge in [0.25, 0.3) is 5.91 Å². The third kappa shape index (κ3) is 5.14. The number of nitrogens with zero attached hydrogens (tertiary/aromatic N) is 1. The summed E-state index contributed by atoms with van der Waals surface area (Å²) < 4.78 is 98.6. The van der Waals surface area contributed by atoms with Crippen molar-refractivity contribution in [3.63, 3.8) is 0 Å². The fourth-order valence-electron chi connectivity index (χ4n) is 4.17. The van der Waals surface area contributed by atoms with E-state index >= 15 is 0 Å². The van der Waals surface area contributed by atoms with E-state index in [1.165, 1.54) is 34.1 Å². The van der Waals surface area contributed by atoms with Crippen molar-refractivity contribution in [2.75, 3.05) is 32.9 Å². The maximum atomic E-state index is 13.3. The molecule has 2 N–H and O–H groups in total. The van der Waals surface area contributed by atoms with Crippen LogP contribution in [0.1, 0.15) is 37.2 Å². The SMILES string of the molecule is O=C(NO)C1(S(=O)(=O)N2CCC(c3ccc(OCC(F)(F)C(F)(F)F)cc3)CC2)CCOCC1. The Hall–Kier alpha value is -2.03. The Labute approximate surface area is 193 Å². The predicted molar refractivity (Wildman–Crippen MR) is 108 cm³/mol. The molecule has 192 valence electrons. The number of halogens is 5. The van der Waals surface area contributed by atoms with E-state index in [0.29, 0.717) is 12.8 Å². The van der Waals surface area contributed by atoms with Crippen LogP contribution in [0.25, 0.3) is 0 Å². The highest BCUT2D eigenvalue weighted by atomic mass is 32.2. The van der Waals surface area contributed by atoms with Crippen molar-refractivity contribution in [1.82, 2.24) is 9.79 Å². The van der Waals surface area contributed by atoms with E-state index < -0.39 is 39.4 Å². The monoisotopic (exact) mass is 516 g/mol. The van der Waals surface area contributed by atoms with Gasteiger partial charge in [-0.15, -0.1) is 0 Å². The number of hydroxylamine groups is 1. The van der Waals surface area contributed by atoms with Crippen LogP contribution < -0.4 is 10.2 Å². The van der Waals surface area contributed by atoms with Gasteiger partial charge in [-0.1, -0.05) is 12.1 Å². The van der Waals surface area contributed by atoms with E-state index in [2.05, 4.69) is 4.74 Å². The van der Waals surface area contributed by atoms with Gasteiger partial charge in [-0.2, -0.15) is 22.0 Å². The topological polar surface area (TPSA) is 105 Å². The Morgan fingerprint density at radius 3 is 2.18 bits per heavy atom. The molecule has 1 amide bonds. The molecule has 2 aliphatic heterocycles. The first-order valence-corrected chi connectivity index (χ1v) is 12.0. The van der Waals surface area contributed by atoms with Crippen LogP contribution in [0, 0.1) is 0 Å². The first kappa shape index (κ1) is 26.6. The van der Waals surface area contributed by atoms with Crippen molar-refractivity contribution in [3.05, 3.63) is 29.8 Å². The first-order chi connectivity index (χ1) is 15.8. The molecule has 1 aromatic rings. The van der Waals surface area contributed by atoms with E-state index in [9.17, 15) is 35.2 Å². The zero-order chi connectivity index (χ0) is 25.2. The highest BCUT2D eigenvalue weighted by Gasteiger charge is 2.58. The van der Waals surface area contributed by atoms with Gasteiger partial charge in [0, 0.05) is 39.1 Å². The Balaban J connectivity index is 1.63. The van der Waals surface area contributed by atoms with Gasteiger partial charge in [-0.3, -0.25) is 10.0 Å². The lowest BCUT2D eigenvalue weighted by Gasteiger charge is -2.40. The average molecular weight is 516 g/mol. The molecule has 2 aliphatic rings. The summed E-state index contributed by atoms with van der Waals surface area (Å²) in [6, 6.07) is 5.64. The highest BCUT2D eigenvalue weighted by molar-refractivity contribution is 7.91. The number of alkyl halides is 5. The molecular weight excluding hydrogens is 491 g/mol. The number of amides is 1. The Morgan fingerprint density at radius 1 is 1.12 bits per heavy atom. The van der Waals surface area contributed by atoms with Crippen LogP contribution in [0.15, 0.2) is 24.3 Å². The van der Waals surface area contributed by atoms with Crippen LogP contribution in [0.2, 0.25) is 0 Å². The number of hydrogen-bond acceptors (Lipinski definition) is 6. The summed E-state index contributed by atoms with van der Waals surface area (Å²) in [6.45, 7) is -1.48. The lowest BCUT2D eigenvalue weighted by atomic mass is 9.90. The normalized spacial score (nSPS) is 20.6. The number of carbonyl (C=O) groups excluding carboxylic acids is 1. The quantitative estimate of drug-likeness (QED) is 0.328. The van der Waals surface area contributed by atoms with E-state index in [4.69, 9.17) is 9.94 Å². The van der Waals surface area contributed by atoms with Crippen LogP contribution in [-0.2, 0) is 19.6 Å². The van der Waals surface area contributed by atoms with E-state index in [1.54, 1.807) is 0 Å². The second-order valence-electron chi connectivity index (χ2n) is 8.29. The van der Waals surface area contributed by atoms with Gasteiger partial charge in [0.15, 0.2) is 11.4 Å². The molecule has 14 heteroatoms. The van der Waals surface area contributed by atoms with Gasteiger partial charge >= 0.3 is 12.1 Å². The van der Waals surface area contributed by atoms with Crippen LogP contribution in [0.4, 0.5) is 22.0 Å². The molecule has 3 rings (SSSR count). The van der Waals surface area contributed by atoms with Gasteiger partial charge in [0.1, 0.15) is 5.75 Å². The number of piperidine rings is 1. The molecule has 0 aromatic heterocycles. The number of rotatable bonds is 7. The minimum absolute atomic E-state index is 0.0619. The molecule has 0 aliphatic carbocycles. The Morgan fingerprint density at radius 2 is 1.68 bits per heavy atom. The highest BCUT2D eigenvalue weighted by Crippen LogP contribution is 2.38. The molecule has 0 radical (unpaired) electrons. The standard InChI is InChI=1S/C20H25F5N2O6S/c21-19(22,20(23,24)25)13-33-16-3-1-14(2-4-16)15-5-9-27(10-6-15)34(30,31)18(17(28)26-29)7-11-32-12-8-18/h1-4,15,29H,5-13H2,(H,26,28). The molecule has 2 heterocycles. The van der Waals surface area contributed by atoms with Crippen LogP contribution in [0.3, 0.4) is 0 Å². The number of nitrogens with one attached hydrogen (secondary N) is 1. The number of carbonyl (C=O) groups is 1. The first-order valence-electron chi connectivity index (χ1n) is 10.5. The van der Waals surface area contributed by atoms with Gasteiger partial charge in [-0.25, -0.2) is 18.2 Å². The smallest absolute Gasteiger partial charge is 0.456 e. The van der Waals surface area contributed by atoms with Gasteiger partial charge in [0.05, 0.1) is 0 Å². The molecule has 8 nitrogen and oxygen atoms in total. The summed E-state index contributed by atoms with van der Waals surface area (Å²) in [6.07, 6.45) is -5.08. The van der Waals surface area contributed by atoms with Crippen molar-refractivity contribution in [2.24, 2.45) is 0 Å². The Kier molecular flexibility index (Phi) is 7.75. The van der Waals surface area contributed by atoms with Crippen molar-refractivity contribution in [3.8, 4) is 5.75 Å². The van der Waals surface area contributed by atoms with Crippen molar-refractivity contribution >= 4 is 15.9 Å². The second-order valence-corrected chi connectivity index (χ2v) is 10.5.